The van der Waals surface area contributed by atoms with Crippen molar-refractivity contribution in [1.29, 1.82) is 0 Å². The van der Waals surface area contributed by atoms with E-state index in [9.17, 15) is 4.79 Å². The standard InChI is InChI=1S/C15H15N3O2/c1-10-8-18(9-10)14-13(11-5-3-2-4-6-11)17-12(7-16-14)15(19)20/h2-7,10H,8-9H2,1H3,(H,19,20). The highest BCUT2D eigenvalue weighted by molar-refractivity contribution is 5.87. The maximum atomic E-state index is 11.1. The van der Waals surface area contributed by atoms with Gasteiger partial charge in [0, 0.05) is 18.7 Å². The molecule has 1 fully saturated rings. The Hall–Kier alpha value is -2.43. The third-order valence-electron chi connectivity index (χ3n) is 3.38. The number of aromatic carboxylic acids is 1. The Labute approximate surface area is 116 Å². The zero-order valence-electron chi connectivity index (χ0n) is 11.2. The van der Waals surface area contributed by atoms with Crippen LogP contribution in [-0.2, 0) is 0 Å². The van der Waals surface area contributed by atoms with Gasteiger partial charge in [-0.3, -0.25) is 0 Å². The highest BCUT2D eigenvalue weighted by Crippen LogP contribution is 2.31. The first-order valence-electron chi connectivity index (χ1n) is 6.56. The molecule has 2 aromatic rings. The number of hydrogen-bond donors (Lipinski definition) is 1. The lowest BCUT2D eigenvalue weighted by Gasteiger charge is -2.38. The number of carboxylic acids is 1. The van der Waals surface area contributed by atoms with Crippen LogP contribution in [0.3, 0.4) is 0 Å². The van der Waals surface area contributed by atoms with Gasteiger partial charge in [-0.25, -0.2) is 14.8 Å². The molecule has 1 aromatic heterocycles. The summed E-state index contributed by atoms with van der Waals surface area (Å²) in [5, 5.41) is 9.08. The topological polar surface area (TPSA) is 66.3 Å². The second-order valence-corrected chi connectivity index (χ2v) is 5.11. The van der Waals surface area contributed by atoms with E-state index in [4.69, 9.17) is 5.11 Å². The molecule has 3 rings (SSSR count). The van der Waals surface area contributed by atoms with Crippen LogP contribution >= 0.6 is 0 Å². The molecule has 102 valence electrons. The monoisotopic (exact) mass is 269 g/mol. The first-order valence-corrected chi connectivity index (χ1v) is 6.56. The number of hydrogen-bond acceptors (Lipinski definition) is 4. The van der Waals surface area contributed by atoms with E-state index >= 15 is 0 Å². The van der Waals surface area contributed by atoms with Crippen molar-refractivity contribution >= 4 is 11.8 Å². The van der Waals surface area contributed by atoms with E-state index in [0.717, 1.165) is 24.5 Å². The summed E-state index contributed by atoms with van der Waals surface area (Å²) >= 11 is 0. The largest absolute Gasteiger partial charge is 0.476 e. The molecule has 1 aliphatic heterocycles. The minimum Gasteiger partial charge on any atom is -0.476 e. The number of anilines is 1. The molecular formula is C15H15N3O2. The molecule has 1 saturated heterocycles. The summed E-state index contributed by atoms with van der Waals surface area (Å²) in [6.07, 6.45) is 1.33. The van der Waals surface area contributed by atoms with E-state index in [1.807, 2.05) is 30.3 Å². The fourth-order valence-electron chi connectivity index (χ4n) is 2.38. The Balaban J connectivity index is 2.07. The van der Waals surface area contributed by atoms with Crippen molar-refractivity contribution in [2.45, 2.75) is 6.92 Å². The van der Waals surface area contributed by atoms with Gasteiger partial charge in [-0.05, 0) is 5.92 Å². The quantitative estimate of drug-likeness (QED) is 0.926. The lowest BCUT2D eigenvalue weighted by molar-refractivity contribution is 0.0690. The Bertz CT molecular complexity index is 637. The minimum absolute atomic E-state index is 0.0267. The summed E-state index contributed by atoms with van der Waals surface area (Å²) in [6.45, 7) is 4.04. The number of carbonyl (C=O) groups is 1. The predicted molar refractivity (Wildman–Crippen MR) is 75.8 cm³/mol. The Morgan fingerprint density at radius 1 is 1.30 bits per heavy atom. The maximum absolute atomic E-state index is 11.1. The molecule has 0 spiro atoms. The van der Waals surface area contributed by atoms with Gasteiger partial charge in [-0.15, -0.1) is 0 Å². The van der Waals surface area contributed by atoms with Crippen LogP contribution in [0.4, 0.5) is 5.82 Å². The van der Waals surface area contributed by atoms with Gasteiger partial charge in [0.05, 0.1) is 6.20 Å². The molecule has 1 aliphatic rings. The van der Waals surface area contributed by atoms with Crippen LogP contribution in [0.5, 0.6) is 0 Å². The summed E-state index contributed by atoms with van der Waals surface area (Å²) in [5.74, 6) is 0.345. The van der Waals surface area contributed by atoms with Crippen LogP contribution in [0, 0.1) is 5.92 Å². The summed E-state index contributed by atoms with van der Waals surface area (Å²) < 4.78 is 0. The van der Waals surface area contributed by atoms with Crippen LogP contribution in [0.25, 0.3) is 11.3 Å². The van der Waals surface area contributed by atoms with E-state index in [1.165, 1.54) is 6.20 Å². The van der Waals surface area contributed by atoms with Crippen LogP contribution < -0.4 is 4.90 Å². The first kappa shape index (κ1) is 12.6. The average Bonchev–Trinajstić information content (AvgIpc) is 2.44. The molecule has 0 amide bonds. The lowest BCUT2D eigenvalue weighted by Crippen LogP contribution is -2.46. The van der Waals surface area contributed by atoms with E-state index in [1.54, 1.807) is 0 Å². The number of benzene rings is 1. The van der Waals surface area contributed by atoms with E-state index < -0.39 is 5.97 Å². The van der Waals surface area contributed by atoms with Crippen LogP contribution in [-0.4, -0.2) is 34.1 Å². The summed E-state index contributed by atoms with van der Waals surface area (Å²) in [6, 6.07) is 9.58. The molecule has 5 heteroatoms. The summed E-state index contributed by atoms with van der Waals surface area (Å²) in [7, 11) is 0. The van der Waals surface area contributed by atoms with Crippen LogP contribution in [0.2, 0.25) is 0 Å². The van der Waals surface area contributed by atoms with Gasteiger partial charge in [0.1, 0.15) is 5.69 Å². The van der Waals surface area contributed by atoms with Crippen LogP contribution in [0.15, 0.2) is 36.5 Å². The van der Waals surface area contributed by atoms with Crippen molar-refractivity contribution in [3.8, 4) is 11.3 Å². The molecular weight excluding hydrogens is 254 g/mol. The van der Waals surface area contributed by atoms with Crippen molar-refractivity contribution in [3.05, 3.63) is 42.2 Å². The zero-order chi connectivity index (χ0) is 14.1. The van der Waals surface area contributed by atoms with Gasteiger partial charge in [0.2, 0.25) is 0 Å². The van der Waals surface area contributed by atoms with Gasteiger partial charge in [-0.1, -0.05) is 37.3 Å². The van der Waals surface area contributed by atoms with Crippen LogP contribution in [0.1, 0.15) is 17.4 Å². The summed E-state index contributed by atoms with van der Waals surface area (Å²) in [5.41, 5.74) is 1.50. The molecule has 1 N–H and O–H groups in total. The fourth-order valence-corrected chi connectivity index (χ4v) is 2.38. The zero-order valence-corrected chi connectivity index (χ0v) is 11.2. The Morgan fingerprint density at radius 3 is 2.60 bits per heavy atom. The van der Waals surface area contributed by atoms with Crippen molar-refractivity contribution in [2.24, 2.45) is 5.92 Å². The Morgan fingerprint density at radius 2 is 2.00 bits per heavy atom. The number of aromatic nitrogens is 2. The lowest BCUT2D eigenvalue weighted by atomic mass is 10.0. The molecule has 0 radical (unpaired) electrons. The number of nitrogens with zero attached hydrogens (tertiary/aromatic N) is 3. The first-order chi connectivity index (χ1) is 9.65. The smallest absolute Gasteiger partial charge is 0.356 e. The van der Waals surface area contributed by atoms with E-state index in [2.05, 4.69) is 21.8 Å². The number of carboxylic acid groups (broad SMARTS) is 1. The highest BCUT2D eigenvalue weighted by Gasteiger charge is 2.27. The van der Waals surface area contributed by atoms with Gasteiger partial charge in [-0.2, -0.15) is 0 Å². The molecule has 0 bridgehead atoms. The van der Waals surface area contributed by atoms with Crippen molar-refractivity contribution < 1.29 is 9.90 Å². The van der Waals surface area contributed by atoms with E-state index in [0.29, 0.717) is 11.6 Å². The molecule has 0 atom stereocenters. The second-order valence-electron chi connectivity index (χ2n) is 5.11. The van der Waals surface area contributed by atoms with Gasteiger partial charge < -0.3 is 10.0 Å². The highest BCUT2D eigenvalue weighted by atomic mass is 16.4. The molecule has 20 heavy (non-hydrogen) atoms. The third kappa shape index (κ3) is 2.22. The fraction of sp³-hybridized carbons (Fsp3) is 0.267. The maximum Gasteiger partial charge on any atom is 0.356 e. The average molecular weight is 269 g/mol. The Kier molecular flexibility index (Phi) is 3.10. The molecule has 1 aromatic carbocycles. The third-order valence-corrected chi connectivity index (χ3v) is 3.38. The van der Waals surface area contributed by atoms with E-state index in [-0.39, 0.29) is 5.69 Å². The van der Waals surface area contributed by atoms with Crippen molar-refractivity contribution in [1.82, 2.24) is 9.97 Å². The van der Waals surface area contributed by atoms with Gasteiger partial charge in [0.25, 0.3) is 0 Å². The van der Waals surface area contributed by atoms with Crippen molar-refractivity contribution in [3.63, 3.8) is 0 Å². The second kappa shape index (κ2) is 4.92. The SMILES string of the molecule is CC1CN(c2ncc(C(=O)O)nc2-c2ccccc2)C1. The predicted octanol–water partition coefficient (Wildman–Crippen LogP) is 2.30. The number of rotatable bonds is 3. The molecule has 0 saturated carbocycles. The van der Waals surface area contributed by atoms with Gasteiger partial charge >= 0.3 is 5.97 Å². The normalized spacial score (nSPS) is 14.9. The molecule has 0 aliphatic carbocycles. The minimum atomic E-state index is -1.06. The van der Waals surface area contributed by atoms with Crippen molar-refractivity contribution in [2.75, 3.05) is 18.0 Å². The van der Waals surface area contributed by atoms with Gasteiger partial charge in [0.15, 0.2) is 11.5 Å². The molecule has 5 nitrogen and oxygen atoms in total. The molecule has 2 heterocycles. The molecule has 0 unspecified atom stereocenters. The summed E-state index contributed by atoms with van der Waals surface area (Å²) in [4.78, 5) is 21.8.